The lowest BCUT2D eigenvalue weighted by Crippen LogP contribution is -2.37. The van der Waals surface area contributed by atoms with Gasteiger partial charge < -0.3 is 5.32 Å². The van der Waals surface area contributed by atoms with Crippen molar-refractivity contribution in [3.8, 4) is 0 Å². The highest BCUT2D eigenvalue weighted by Gasteiger charge is 2.20. The highest BCUT2D eigenvalue weighted by Crippen LogP contribution is 2.24. The third-order valence-corrected chi connectivity index (χ3v) is 4.74. The van der Waals surface area contributed by atoms with Gasteiger partial charge in [0.1, 0.15) is 0 Å². The Morgan fingerprint density at radius 3 is 2.89 bits per heavy atom. The normalized spacial score (nSPS) is 23.4. The van der Waals surface area contributed by atoms with E-state index in [0.717, 1.165) is 34.5 Å². The summed E-state index contributed by atoms with van der Waals surface area (Å²) in [6, 6.07) is 6.07. The summed E-state index contributed by atoms with van der Waals surface area (Å²) >= 11 is 1.57. The quantitative estimate of drug-likeness (QED) is 0.909. The van der Waals surface area contributed by atoms with Crippen LogP contribution >= 0.6 is 11.3 Å². The maximum absolute atomic E-state index is 12.2. The van der Waals surface area contributed by atoms with Crippen LogP contribution in [0, 0.1) is 5.92 Å². The Kier molecular flexibility index (Phi) is 3.51. The predicted molar refractivity (Wildman–Crippen MR) is 78.5 cm³/mol. The number of aromatic nitrogens is 1. The van der Waals surface area contributed by atoms with Gasteiger partial charge in [-0.2, -0.15) is 0 Å². The molecule has 3 rings (SSSR count). The van der Waals surface area contributed by atoms with Crippen LogP contribution in [0.2, 0.25) is 0 Å². The van der Waals surface area contributed by atoms with E-state index in [1.165, 1.54) is 12.8 Å². The van der Waals surface area contributed by atoms with E-state index in [2.05, 4.69) is 17.2 Å². The molecule has 19 heavy (non-hydrogen) atoms. The molecule has 4 heteroatoms. The third kappa shape index (κ3) is 2.78. The van der Waals surface area contributed by atoms with Gasteiger partial charge in [-0.15, -0.1) is 11.3 Å². The zero-order chi connectivity index (χ0) is 13.2. The second-order valence-corrected chi connectivity index (χ2v) is 6.35. The SMILES string of the molecule is CC1CCC(NC(=O)c2ccc3ncsc3c2)CC1. The number of carbonyl (C=O) groups is 1. The van der Waals surface area contributed by atoms with Crippen molar-refractivity contribution in [1.29, 1.82) is 0 Å². The number of thiazole rings is 1. The minimum Gasteiger partial charge on any atom is -0.349 e. The summed E-state index contributed by atoms with van der Waals surface area (Å²) in [4.78, 5) is 16.5. The first-order valence-electron chi connectivity index (χ1n) is 6.86. The molecule has 0 spiro atoms. The third-order valence-electron chi connectivity index (χ3n) is 3.94. The van der Waals surface area contributed by atoms with Crippen LogP contribution in [-0.4, -0.2) is 16.9 Å². The van der Waals surface area contributed by atoms with Gasteiger partial charge in [0.25, 0.3) is 5.91 Å². The topological polar surface area (TPSA) is 42.0 Å². The Bertz CT molecular complexity index is 585. The molecule has 1 N–H and O–H groups in total. The molecule has 1 fully saturated rings. The molecule has 1 heterocycles. The molecule has 1 aromatic heterocycles. The van der Waals surface area contributed by atoms with E-state index in [4.69, 9.17) is 0 Å². The van der Waals surface area contributed by atoms with Crippen molar-refractivity contribution >= 4 is 27.5 Å². The molecule has 1 aliphatic carbocycles. The van der Waals surface area contributed by atoms with Crippen molar-refractivity contribution in [3.63, 3.8) is 0 Å². The van der Waals surface area contributed by atoms with Gasteiger partial charge in [-0.25, -0.2) is 4.98 Å². The fraction of sp³-hybridized carbons (Fsp3) is 0.467. The summed E-state index contributed by atoms with van der Waals surface area (Å²) in [5.41, 5.74) is 3.53. The Hall–Kier alpha value is -1.42. The predicted octanol–water partition coefficient (Wildman–Crippen LogP) is 3.60. The number of benzene rings is 1. The van der Waals surface area contributed by atoms with Crippen molar-refractivity contribution in [3.05, 3.63) is 29.3 Å². The number of amides is 1. The first-order chi connectivity index (χ1) is 9.22. The molecule has 0 aliphatic heterocycles. The molecule has 0 unspecified atom stereocenters. The number of fused-ring (bicyclic) bond motifs is 1. The average Bonchev–Trinajstić information content (AvgIpc) is 2.88. The second-order valence-electron chi connectivity index (χ2n) is 5.47. The van der Waals surface area contributed by atoms with Crippen LogP contribution in [0.15, 0.2) is 23.7 Å². The van der Waals surface area contributed by atoms with E-state index < -0.39 is 0 Å². The fourth-order valence-electron chi connectivity index (χ4n) is 2.67. The number of hydrogen-bond donors (Lipinski definition) is 1. The van der Waals surface area contributed by atoms with Gasteiger partial charge in [0.15, 0.2) is 0 Å². The molecular weight excluding hydrogens is 256 g/mol. The van der Waals surface area contributed by atoms with Gasteiger partial charge in [0.2, 0.25) is 0 Å². The van der Waals surface area contributed by atoms with E-state index in [1.807, 2.05) is 23.7 Å². The molecule has 0 radical (unpaired) electrons. The zero-order valence-electron chi connectivity index (χ0n) is 11.1. The van der Waals surface area contributed by atoms with Crippen molar-refractivity contribution in [1.82, 2.24) is 10.3 Å². The van der Waals surface area contributed by atoms with E-state index >= 15 is 0 Å². The lowest BCUT2D eigenvalue weighted by molar-refractivity contribution is 0.0923. The molecule has 2 aromatic rings. The van der Waals surface area contributed by atoms with Gasteiger partial charge in [-0.1, -0.05) is 6.92 Å². The smallest absolute Gasteiger partial charge is 0.251 e. The largest absolute Gasteiger partial charge is 0.349 e. The maximum Gasteiger partial charge on any atom is 0.251 e. The molecule has 1 aromatic carbocycles. The summed E-state index contributed by atoms with van der Waals surface area (Å²) < 4.78 is 1.07. The molecule has 0 atom stereocenters. The second kappa shape index (κ2) is 5.29. The summed E-state index contributed by atoms with van der Waals surface area (Å²) in [6.07, 6.45) is 4.66. The number of rotatable bonds is 2. The molecule has 0 bridgehead atoms. The monoisotopic (exact) mass is 274 g/mol. The molecular formula is C15H18N2OS. The summed E-state index contributed by atoms with van der Waals surface area (Å²) in [5, 5.41) is 3.16. The molecule has 100 valence electrons. The van der Waals surface area contributed by atoms with Crippen LogP contribution in [0.25, 0.3) is 10.2 Å². The summed E-state index contributed by atoms with van der Waals surface area (Å²) in [6.45, 7) is 2.29. The average molecular weight is 274 g/mol. The van der Waals surface area contributed by atoms with Gasteiger partial charge >= 0.3 is 0 Å². The van der Waals surface area contributed by atoms with Crippen LogP contribution < -0.4 is 5.32 Å². The van der Waals surface area contributed by atoms with Crippen molar-refractivity contribution in [2.75, 3.05) is 0 Å². The van der Waals surface area contributed by atoms with Crippen LogP contribution in [0.5, 0.6) is 0 Å². The lowest BCUT2D eigenvalue weighted by atomic mass is 9.87. The molecule has 1 aliphatic rings. The van der Waals surface area contributed by atoms with Crippen LogP contribution in [0.4, 0.5) is 0 Å². The van der Waals surface area contributed by atoms with Crippen molar-refractivity contribution < 1.29 is 4.79 Å². The Morgan fingerprint density at radius 2 is 2.11 bits per heavy atom. The highest BCUT2D eigenvalue weighted by molar-refractivity contribution is 7.16. The molecule has 0 saturated heterocycles. The maximum atomic E-state index is 12.2. The van der Waals surface area contributed by atoms with Crippen LogP contribution in [0.3, 0.4) is 0 Å². The van der Waals surface area contributed by atoms with Gasteiger partial charge in [-0.3, -0.25) is 4.79 Å². The van der Waals surface area contributed by atoms with Crippen LogP contribution in [-0.2, 0) is 0 Å². The zero-order valence-corrected chi connectivity index (χ0v) is 11.9. The standard InChI is InChI=1S/C15H18N2OS/c1-10-2-5-12(6-3-10)17-15(18)11-4-7-13-14(8-11)19-9-16-13/h4,7-10,12H,2-3,5-6H2,1H3,(H,17,18). The van der Waals surface area contributed by atoms with E-state index in [-0.39, 0.29) is 5.91 Å². The molecule has 1 amide bonds. The van der Waals surface area contributed by atoms with Gasteiger partial charge in [0, 0.05) is 11.6 Å². The molecule has 3 nitrogen and oxygen atoms in total. The van der Waals surface area contributed by atoms with Crippen molar-refractivity contribution in [2.24, 2.45) is 5.92 Å². The minimum absolute atomic E-state index is 0.0508. The number of nitrogens with one attached hydrogen (secondary N) is 1. The Labute approximate surface area is 117 Å². The lowest BCUT2D eigenvalue weighted by Gasteiger charge is -2.26. The fourth-order valence-corrected chi connectivity index (χ4v) is 3.39. The van der Waals surface area contributed by atoms with Gasteiger partial charge in [-0.05, 0) is 49.8 Å². The van der Waals surface area contributed by atoms with Crippen molar-refractivity contribution in [2.45, 2.75) is 38.6 Å². The van der Waals surface area contributed by atoms with Gasteiger partial charge in [0.05, 0.1) is 15.7 Å². The number of hydrogen-bond acceptors (Lipinski definition) is 3. The first-order valence-corrected chi connectivity index (χ1v) is 7.74. The molecule has 1 saturated carbocycles. The number of carbonyl (C=O) groups excluding carboxylic acids is 1. The number of nitrogens with zero attached hydrogens (tertiary/aromatic N) is 1. The first kappa shape index (κ1) is 12.6. The van der Waals surface area contributed by atoms with E-state index in [0.29, 0.717) is 6.04 Å². The highest BCUT2D eigenvalue weighted by atomic mass is 32.1. The Morgan fingerprint density at radius 1 is 1.32 bits per heavy atom. The summed E-state index contributed by atoms with van der Waals surface area (Å²) in [7, 11) is 0. The van der Waals surface area contributed by atoms with Crippen LogP contribution in [0.1, 0.15) is 43.0 Å². The van der Waals surface area contributed by atoms with E-state index in [9.17, 15) is 4.79 Å². The minimum atomic E-state index is 0.0508. The summed E-state index contributed by atoms with van der Waals surface area (Å²) in [5.74, 6) is 0.858. The Balaban J connectivity index is 1.69. The van der Waals surface area contributed by atoms with E-state index in [1.54, 1.807) is 11.3 Å².